The molecule has 1 aliphatic heterocycles. The first kappa shape index (κ1) is 11.5. The number of carboxylic acid groups (broad SMARTS) is 1. The van der Waals surface area contributed by atoms with Crippen LogP contribution in [0.5, 0.6) is 0 Å². The molecule has 3 rings (SSSR count). The van der Waals surface area contributed by atoms with Crippen LogP contribution in [0.3, 0.4) is 0 Å². The molecule has 1 saturated carbocycles. The summed E-state index contributed by atoms with van der Waals surface area (Å²) >= 11 is 2.18. The molecule has 0 radical (unpaired) electrons. The highest BCUT2D eigenvalue weighted by atomic mass is 127. The van der Waals surface area contributed by atoms with Gasteiger partial charge in [0.25, 0.3) is 0 Å². The van der Waals surface area contributed by atoms with E-state index in [0.29, 0.717) is 11.7 Å². The Bertz CT molecular complexity index is 453. The van der Waals surface area contributed by atoms with E-state index in [9.17, 15) is 9.90 Å². The predicted molar refractivity (Wildman–Crippen MR) is 72.4 cm³/mol. The van der Waals surface area contributed by atoms with Gasteiger partial charge < -0.3 is 9.67 Å². The van der Waals surface area contributed by atoms with Crippen molar-refractivity contribution in [3.63, 3.8) is 0 Å². The van der Waals surface area contributed by atoms with Crippen molar-refractivity contribution in [1.82, 2.24) is 9.47 Å². The zero-order valence-corrected chi connectivity index (χ0v) is 11.6. The van der Waals surface area contributed by atoms with Gasteiger partial charge in [0.1, 0.15) is 5.69 Å². The zero-order valence-electron chi connectivity index (χ0n) is 9.47. The fourth-order valence-corrected chi connectivity index (χ4v) is 3.28. The average Bonchev–Trinajstić information content (AvgIpc) is 2.88. The number of halogens is 1. The van der Waals surface area contributed by atoms with Crippen molar-refractivity contribution >= 4 is 28.6 Å². The van der Waals surface area contributed by atoms with E-state index < -0.39 is 5.97 Å². The Hall–Kier alpha value is -0.560. The number of hydrogen-bond donors (Lipinski definition) is 1. The average molecular weight is 346 g/mol. The molecule has 2 fully saturated rings. The van der Waals surface area contributed by atoms with Crippen LogP contribution in [-0.4, -0.2) is 39.7 Å². The maximum absolute atomic E-state index is 11.2. The number of aromatic carboxylic acids is 1. The van der Waals surface area contributed by atoms with Crippen LogP contribution in [0.1, 0.15) is 35.8 Å². The minimum atomic E-state index is -0.821. The molecule has 0 bridgehead atoms. The Balaban J connectivity index is 1.81. The number of rotatable bonds is 3. The number of aromatic nitrogens is 1. The number of carbonyl (C=O) groups is 1. The summed E-state index contributed by atoms with van der Waals surface area (Å²) in [6.07, 6.45) is 5.68. The number of likely N-dealkylation sites (tertiary alicyclic amines) is 1. The van der Waals surface area contributed by atoms with Crippen LogP contribution >= 0.6 is 22.6 Å². The highest BCUT2D eigenvalue weighted by molar-refractivity contribution is 14.1. The van der Waals surface area contributed by atoms with Crippen LogP contribution in [0.4, 0.5) is 0 Å². The third kappa shape index (κ3) is 2.22. The highest BCUT2D eigenvalue weighted by Gasteiger charge is 2.35. The Kier molecular flexibility index (Phi) is 2.90. The molecule has 1 aromatic heterocycles. The molecular formula is C12H15IN2O2. The van der Waals surface area contributed by atoms with Gasteiger partial charge in [-0.3, -0.25) is 4.90 Å². The molecule has 1 atom stereocenters. The van der Waals surface area contributed by atoms with Gasteiger partial charge in [0.15, 0.2) is 0 Å². The number of carboxylic acids is 1. The fourth-order valence-electron chi connectivity index (χ4n) is 2.69. The first-order valence-corrected chi connectivity index (χ1v) is 7.08. The molecule has 5 heteroatoms. The standard InChI is InChI=1S/C12H15IN2O2/c13-8-5-11(12(16)17)15(6-8)10-3-4-14(7-10)9-1-2-9/h5-6,9-10H,1-4,7H2,(H,16,17). The zero-order chi connectivity index (χ0) is 12.0. The molecule has 92 valence electrons. The maximum Gasteiger partial charge on any atom is 0.352 e. The molecule has 0 spiro atoms. The predicted octanol–water partition coefficient (Wildman–Crippen LogP) is 2.20. The molecule has 0 aromatic carbocycles. The summed E-state index contributed by atoms with van der Waals surface area (Å²) in [6, 6.07) is 2.87. The van der Waals surface area contributed by atoms with Gasteiger partial charge in [-0.05, 0) is 47.9 Å². The minimum Gasteiger partial charge on any atom is -0.477 e. The lowest BCUT2D eigenvalue weighted by atomic mass is 10.2. The van der Waals surface area contributed by atoms with E-state index in [1.807, 2.05) is 10.8 Å². The van der Waals surface area contributed by atoms with Gasteiger partial charge in [-0.15, -0.1) is 0 Å². The lowest BCUT2D eigenvalue weighted by molar-refractivity contribution is 0.0682. The van der Waals surface area contributed by atoms with Crippen molar-refractivity contribution in [1.29, 1.82) is 0 Å². The van der Waals surface area contributed by atoms with Crippen molar-refractivity contribution in [2.75, 3.05) is 13.1 Å². The Labute approximate surface area is 114 Å². The first-order chi connectivity index (χ1) is 8.15. The molecule has 0 amide bonds. The van der Waals surface area contributed by atoms with E-state index in [-0.39, 0.29) is 0 Å². The molecule has 1 saturated heterocycles. The van der Waals surface area contributed by atoms with Crippen LogP contribution in [0.25, 0.3) is 0 Å². The topological polar surface area (TPSA) is 45.5 Å². The van der Waals surface area contributed by atoms with Crippen LogP contribution in [0.2, 0.25) is 0 Å². The molecule has 2 aliphatic rings. The van der Waals surface area contributed by atoms with Gasteiger partial charge in [0.2, 0.25) is 0 Å². The molecule has 1 unspecified atom stereocenters. The summed E-state index contributed by atoms with van der Waals surface area (Å²) in [5.41, 5.74) is 0.428. The first-order valence-electron chi connectivity index (χ1n) is 6.00. The summed E-state index contributed by atoms with van der Waals surface area (Å²) in [7, 11) is 0. The normalized spacial score (nSPS) is 25.4. The van der Waals surface area contributed by atoms with Crippen molar-refractivity contribution < 1.29 is 9.90 Å². The Morgan fingerprint density at radius 1 is 1.35 bits per heavy atom. The molecule has 2 heterocycles. The van der Waals surface area contributed by atoms with Gasteiger partial charge in [-0.1, -0.05) is 0 Å². The largest absolute Gasteiger partial charge is 0.477 e. The second-order valence-corrected chi connectivity index (χ2v) is 6.17. The maximum atomic E-state index is 11.2. The molecule has 1 aliphatic carbocycles. The summed E-state index contributed by atoms with van der Waals surface area (Å²) < 4.78 is 2.96. The van der Waals surface area contributed by atoms with E-state index in [4.69, 9.17) is 0 Å². The summed E-state index contributed by atoms with van der Waals surface area (Å²) in [5, 5.41) is 9.19. The second kappa shape index (κ2) is 4.28. The molecule has 17 heavy (non-hydrogen) atoms. The van der Waals surface area contributed by atoms with Crippen LogP contribution in [0.15, 0.2) is 12.3 Å². The highest BCUT2D eigenvalue weighted by Crippen LogP contribution is 2.34. The number of nitrogens with zero attached hydrogens (tertiary/aromatic N) is 2. The van der Waals surface area contributed by atoms with Gasteiger partial charge >= 0.3 is 5.97 Å². The van der Waals surface area contributed by atoms with E-state index in [0.717, 1.165) is 29.1 Å². The van der Waals surface area contributed by atoms with E-state index in [1.54, 1.807) is 6.07 Å². The SMILES string of the molecule is O=C(O)c1cc(I)cn1C1CCN(C2CC2)C1. The van der Waals surface area contributed by atoms with E-state index >= 15 is 0 Å². The van der Waals surface area contributed by atoms with Crippen LogP contribution in [0, 0.1) is 3.57 Å². The lowest BCUT2D eigenvalue weighted by Crippen LogP contribution is -2.24. The lowest BCUT2D eigenvalue weighted by Gasteiger charge is -2.17. The Morgan fingerprint density at radius 3 is 2.76 bits per heavy atom. The molecule has 4 nitrogen and oxygen atoms in total. The smallest absolute Gasteiger partial charge is 0.352 e. The quantitative estimate of drug-likeness (QED) is 0.854. The van der Waals surface area contributed by atoms with Crippen molar-refractivity contribution in [3.8, 4) is 0 Å². The van der Waals surface area contributed by atoms with E-state index in [1.165, 1.54) is 12.8 Å². The third-order valence-corrected chi connectivity index (χ3v) is 4.28. The third-order valence-electron chi connectivity index (χ3n) is 3.69. The van der Waals surface area contributed by atoms with Gasteiger partial charge in [-0.25, -0.2) is 4.79 Å². The molecule has 1 N–H and O–H groups in total. The monoisotopic (exact) mass is 346 g/mol. The van der Waals surface area contributed by atoms with Crippen molar-refractivity contribution in [3.05, 3.63) is 21.5 Å². The second-order valence-electron chi connectivity index (χ2n) is 4.92. The van der Waals surface area contributed by atoms with Crippen LogP contribution in [-0.2, 0) is 0 Å². The van der Waals surface area contributed by atoms with Crippen LogP contribution < -0.4 is 0 Å². The Morgan fingerprint density at radius 2 is 2.12 bits per heavy atom. The van der Waals surface area contributed by atoms with Crippen molar-refractivity contribution in [2.45, 2.75) is 31.3 Å². The molecule has 1 aromatic rings. The summed E-state index contributed by atoms with van der Waals surface area (Å²) in [4.78, 5) is 13.7. The van der Waals surface area contributed by atoms with Gasteiger partial charge in [0, 0.05) is 34.9 Å². The van der Waals surface area contributed by atoms with Crippen molar-refractivity contribution in [2.24, 2.45) is 0 Å². The molecular weight excluding hydrogens is 331 g/mol. The van der Waals surface area contributed by atoms with Gasteiger partial charge in [0.05, 0.1) is 0 Å². The summed E-state index contributed by atoms with van der Waals surface area (Å²) in [5.74, 6) is -0.821. The minimum absolute atomic E-state index is 0.338. The fraction of sp³-hybridized carbons (Fsp3) is 0.583. The summed E-state index contributed by atoms with van der Waals surface area (Å²) in [6.45, 7) is 2.12. The van der Waals surface area contributed by atoms with Gasteiger partial charge in [-0.2, -0.15) is 0 Å². The number of hydrogen-bond acceptors (Lipinski definition) is 2. The van der Waals surface area contributed by atoms with E-state index in [2.05, 4.69) is 27.5 Å².